The summed E-state index contributed by atoms with van der Waals surface area (Å²) in [5.41, 5.74) is -5.65. The van der Waals surface area contributed by atoms with Gasteiger partial charge in [0.15, 0.2) is 18.4 Å². The molecule has 1 aliphatic rings. The number of halogens is 3. The van der Waals surface area contributed by atoms with E-state index in [2.05, 4.69) is 63.8 Å². The summed E-state index contributed by atoms with van der Waals surface area (Å²) in [5, 5.41) is 0. The van der Waals surface area contributed by atoms with Gasteiger partial charge in [0.05, 0.1) is 5.75 Å². The Morgan fingerprint density at radius 2 is 1.79 bits per heavy atom. The lowest BCUT2D eigenvalue weighted by molar-refractivity contribution is -0.138. The molecule has 0 aromatic heterocycles. The Morgan fingerprint density at radius 3 is 2.17 bits per heavy atom. The van der Waals surface area contributed by atoms with Crippen molar-refractivity contribution >= 4 is 30.2 Å². The molecule has 1 saturated heterocycles. The smallest absolute Gasteiger partial charge is 0.485 e. The molecule has 0 spiro atoms. The molecule has 1 aromatic rings. The number of hydrogen-bond donors (Lipinski definition) is 0. The Bertz CT molecular complexity index is 736. The first kappa shape index (κ1) is 26.3. The van der Waals surface area contributed by atoms with E-state index in [0.29, 0.717) is 5.92 Å². The molecular formula is C18H27F3O5S2Si. The Labute approximate surface area is 176 Å². The van der Waals surface area contributed by atoms with Crippen LogP contribution in [0.5, 0.6) is 0 Å². The zero-order valence-electron chi connectivity index (χ0n) is 17.1. The Balaban J connectivity index is 0.000000447. The summed E-state index contributed by atoms with van der Waals surface area (Å²) in [7, 11) is -7.74. The summed E-state index contributed by atoms with van der Waals surface area (Å²) in [6.07, 6.45) is 3.20. The van der Waals surface area contributed by atoms with Crippen LogP contribution in [0, 0.1) is 12.0 Å². The highest BCUT2D eigenvalue weighted by molar-refractivity contribution is 7.99. The van der Waals surface area contributed by atoms with Crippen LogP contribution in [0.1, 0.15) is 26.7 Å². The number of benzene rings is 1. The van der Waals surface area contributed by atoms with E-state index < -0.39 is 29.7 Å². The molecule has 166 valence electrons. The van der Waals surface area contributed by atoms with E-state index in [9.17, 15) is 13.2 Å². The third kappa shape index (κ3) is 9.31. The normalized spacial score (nSPS) is 20.6. The van der Waals surface area contributed by atoms with Crippen molar-refractivity contribution in [2.45, 2.75) is 62.5 Å². The van der Waals surface area contributed by atoms with Crippen LogP contribution in [-0.4, -0.2) is 38.3 Å². The molecule has 0 bridgehead atoms. The molecule has 1 heterocycles. The van der Waals surface area contributed by atoms with Crippen molar-refractivity contribution in [3.63, 3.8) is 0 Å². The van der Waals surface area contributed by atoms with Crippen molar-refractivity contribution in [1.29, 1.82) is 0 Å². The third-order valence-electron chi connectivity index (χ3n) is 3.69. The lowest BCUT2D eigenvalue weighted by Gasteiger charge is -2.31. The van der Waals surface area contributed by atoms with Gasteiger partial charge in [-0.15, -0.1) is 11.8 Å². The minimum absolute atomic E-state index is 0.426. The van der Waals surface area contributed by atoms with Crippen molar-refractivity contribution in [3.05, 3.63) is 36.4 Å². The molecule has 1 aliphatic heterocycles. The predicted molar refractivity (Wildman–Crippen MR) is 108 cm³/mol. The molecular weight excluding hydrogens is 445 g/mol. The summed E-state index contributed by atoms with van der Waals surface area (Å²) >= 11 is 1.83. The standard InChI is InChI=1S/C17H27O2SSi.CHF3O3S/c1-14(2)16-11-12-17(18-16,19-21(3,4)5)13-20-15-9-7-6-8-10-15;2-1(3,4)8(5,6)7/h6-10,14H,11-13H2,1-5H3;(H,5,6,7)/q+1;/p-1. The summed E-state index contributed by atoms with van der Waals surface area (Å²) in [5.74, 6) is 0.904. The van der Waals surface area contributed by atoms with Crippen LogP contribution < -0.4 is 0 Å². The Morgan fingerprint density at radius 1 is 1.28 bits per heavy atom. The van der Waals surface area contributed by atoms with Crippen LogP contribution in [0.4, 0.5) is 13.2 Å². The first-order chi connectivity index (χ1) is 13.0. The molecule has 1 unspecified atom stereocenters. The van der Waals surface area contributed by atoms with Gasteiger partial charge >= 0.3 is 5.51 Å². The number of rotatable bonds is 6. The van der Waals surface area contributed by atoms with E-state index in [1.807, 2.05) is 11.8 Å². The fraction of sp³-hybridized carbons (Fsp3) is 0.611. The maximum atomic E-state index is 10.7. The zero-order valence-corrected chi connectivity index (χ0v) is 19.7. The van der Waals surface area contributed by atoms with Gasteiger partial charge < -0.3 is 8.98 Å². The fourth-order valence-electron chi connectivity index (χ4n) is 2.53. The molecule has 0 amide bonds. The highest BCUT2D eigenvalue weighted by Gasteiger charge is 2.53. The average Bonchev–Trinajstić information content (AvgIpc) is 2.95. The SMILES string of the molecule is CC(C)[C+]1CCC(CSc2ccccc2)(O[Si](C)(C)C)O1.O=S(=O)([O-])C(F)(F)F. The molecule has 0 saturated carbocycles. The minimum atomic E-state index is -6.09. The predicted octanol–water partition coefficient (Wildman–Crippen LogP) is 5.38. The van der Waals surface area contributed by atoms with Crippen molar-refractivity contribution in [2.24, 2.45) is 5.92 Å². The lowest BCUT2D eigenvalue weighted by Crippen LogP contribution is -2.44. The number of thioether (sulfide) groups is 1. The summed E-state index contributed by atoms with van der Waals surface area (Å²) in [6, 6.07) is 10.5. The highest BCUT2D eigenvalue weighted by Crippen LogP contribution is 2.43. The van der Waals surface area contributed by atoms with Crippen molar-refractivity contribution in [1.82, 2.24) is 0 Å². The molecule has 1 fully saturated rings. The van der Waals surface area contributed by atoms with Gasteiger partial charge in [-0.25, -0.2) is 8.42 Å². The second-order valence-electron chi connectivity index (χ2n) is 7.85. The van der Waals surface area contributed by atoms with Gasteiger partial charge in [0.1, 0.15) is 12.3 Å². The van der Waals surface area contributed by atoms with Gasteiger partial charge in [-0.3, -0.25) is 0 Å². The van der Waals surface area contributed by atoms with Gasteiger partial charge in [-0.1, -0.05) is 18.2 Å². The first-order valence-electron chi connectivity index (χ1n) is 9.00. The van der Waals surface area contributed by atoms with Crippen LogP contribution in [0.25, 0.3) is 0 Å². The van der Waals surface area contributed by atoms with Crippen LogP contribution >= 0.6 is 11.8 Å². The number of hydrogen-bond acceptors (Lipinski definition) is 6. The molecule has 1 atom stereocenters. The van der Waals surface area contributed by atoms with E-state index in [-0.39, 0.29) is 0 Å². The van der Waals surface area contributed by atoms with E-state index in [1.165, 1.54) is 11.0 Å². The van der Waals surface area contributed by atoms with Crippen LogP contribution in [0.15, 0.2) is 35.2 Å². The van der Waals surface area contributed by atoms with E-state index >= 15 is 0 Å². The van der Waals surface area contributed by atoms with E-state index in [4.69, 9.17) is 22.1 Å². The molecule has 0 aliphatic carbocycles. The summed E-state index contributed by atoms with van der Waals surface area (Å²) < 4.78 is 71.7. The fourth-order valence-corrected chi connectivity index (χ4v) is 4.97. The Hall–Kier alpha value is -0.723. The quantitative estimate of drug-likeness (QED) is 0.182. The Kier molecular flexibility index (Phi) is 9.12. The van der Waals surface area contributed by atoms with E-state index in [1.54, 1.807) is 0 Å². The van der Waals surface area contributed by atoms with Crippen LogP contribution in [0.3, 0.4) is 0 Å². The monoisotopic (exact) mass is 472 g/mol. The van der Waals surface area contributed by atoms with Crippen LogP contribution in [-0.2, 0) is 19.3 Å². The molecule has 11 heteroatoms. The largest absolute Gasteiger partial charge is 0.741 e. The molecule has 1 aromatic carbocycles. The molecule has 0 N–H and O–H groups in total. The van der Waals surface area contributed by atoms with E-state index in [0.717, 1.165) is 18.6 Å². The molecule has 0 radical (unpaired) electrons. The second kappa shape index (κ2) is 10.1. The maximum Gasteiger partial charge on any atom is 0.485 e. The molecule has 29 heavy (non-hydrogen) atoms. The van der Waals surface area contributed by atoms with Gasteiger partial charge in [0, 0.05) is 11.3 Å². The van der Waals surface area contributed by atoms with Crippen molar-refractivity contribution in [2.75, 3.05) is 5.75 Å². The minimum Gasteiger partial charge on any atom is -0.741 e. The van der Waals surface area contributed by atoms with Gasteiger partial charge in [-0.2, -0.15) is 17.9 Å². The van der Waals surface area contributed by atoms with Crippen molar-refractivity contribution < 1.29 is 35.3 Å². The summed E-state index contributed by atoms with van der Waals surface area (Å²) in [6.45, 7) is 11.1. The third-order valence-corrected chi connectivity index (χ3v) is 6.43. The molecule has 2 rings (SSSR count). The van der Waals surface area contributed by atoms with Crippen molar-refractivity contribution in [3.8, 4) is 0 Å². The number of alkyl halides is 3. The highest BCUT2D eigenvalue weighted by atomic mass is 32.2. The average molecular weight is 473 g/mol. The molecule has 5 nitrogen and oxygen atoms in total. The lowest BCUT2D eigenvalue weighted by atomic mass is 10.0. The zero-order chi connectivity index (χ0) is 22.5. The summed E-state index contributed by atoms with van der Waals surface area (Å²) in [4.78, 5) is 1.28. The van der Waals surface area contributed by atoms with Gasteiger partial charge in [-0.05, 0) is 45.6 Å². The maximum absolute atomic E-state index is 10.7. The van der Waals surface area contributed by atoms with Crippen LogP contribution in [0.2, 0.25) is 19.6 Å². The number of ether oxygens (including phenoxy) is 1. The van der Waals surface area contributed by atoms with Gasteiger partial charge in [0.2, 0.25) is 11.9 Å². The topological polar surface area (TPSA) is 75.7 Å². The first-order valence-corrected chi connectivity index (χ1v) is 14.8. The second-order valence-corrected chi connectivity index (χ2v) is 14.7. The van der Waals surface area contributed by atoms with Gasteiger partial charge in [0.25, 0.3) is 0 Å².